The van der Waals surface area contributed by atoms with Crippen LogP contribution < -0.4 is 10.6 Å². The van der Waals surface area contributed by atoms with E-state index in [1.807, 2.05) is 13.8 Å². The van der Waals surface area contributed by atoms with E-state index < -0.39 is 17.6 Å². The number of anilines is 2. The molecule has 1 aromatic carbocycles. The van der Waals surface area contributed by atoms with Gasteiger partial charge in [0.2, 0.25) is 5.95 Å². The first-order valence-electron chi connectivity index (χ1n) is 7.80. The molecule has 0 saturated heterocycles. The third-order valence-corrected chi connectivity index (χ3v) is 3.56. The molecule has 1 amide bonds. The number of alkyl halides is 3. The lowest BCUT2D eigenvalue weighted by atomic mass is 10.1. The van der Waals surface area contributed by atoms with Gasteiger partial charge in [-0.25, -0.2) is 9.97 Å². The van der Waals surface area contributed by atoms with Gasteiger partial charge in [-0.05, 0) is 38.5 Å². The first-order valence-corrected chi connectivity index (χ1v) is 7.80. The number of aromatic nitrogens is 2. The molecule has 5 nitrogen and oxygen atoms in total. The second-order valence-electron chi connectivity index (χ2n) is 5.67. The van der Waals surface area contributed by atoms with E-state index >= 15 is 0 Å². The van der Waals surface area contributed by atoms with Crippen LogP contribution in [0.3, 0.4) is 0 Å². The summed E-state index contributed by atoms with van der Waals surface area (Å²) in [6, 6.07) is 6.33. The molecule has 0 radical (unpaired) electrons. The number of benzene rings is 1. The zero-order chi connectivity index (χ0) is 18.6. The van der Waals surface area contributed by atoms with E-state index in [2.05, 4.69) is 20.6 Å². The number of amides is 1. The van der Waals surface area contributed by atoms with Crippen molar-refractivity contribution in [2.75, 3.05) is 10.6 Å². The average molecular weight is 352 g/mol. The number of para-hydroxylation sites is 1. The summed E-state index contributed by atoms with van der Waals surface area (Å²) in [4.78, 5) is 20.6. The standard InChI is InChI=1S/C17H19F3N4O/c1-4-10(2)21-16-22-11(3)9-14(24-16)15(25)23-13-8-6-5-7-12(13)17(18,19)20/h5-10H,4H2,1-3H3,(H,23,25)(H,21,22,24). The summed E-state index contributed by atoms with van der Waals surface area (Å²) in [5.74, 6) is -0.460. The van der Waals surface area contributed by atoms with E-state index in [9.17, 15) is 18.0 Å². The topological polar surface area (TPSA) is 66.9 Å². The molecule has 134 valence electrons. The van der Waals surface area contributed by atoms with E-state index in [1.165, 1.54) is 24.3 Å². The van der Waals surface area contributed by atoms with E-state index in [0.717, 1.165) is 12.5 Å². The molecule has 0 aliphatic heterocycles. The van der Waals surface area contributed by atoms with Crippen LogP contribution in [0.2, 0.25) is 0 Å². The molecule has 0 saturated carbocycles. The van der Waals surface area contributed by atoms with Crippen molar-refractivity contribution < 1.29 is 18.0 Å². The van der Waals surface area contributed by atoms with Crippen LogP contribution in [0, 0.1) is 6.92 Å². The SMILES string of the molecule is CCC(C)Nc1nc(C)cc(C(=O)Nc2ccccc2C(F)(F)F)n1. The van der Waals surface area contributed by atoms with Crippen molar-refractivity contribution in [3.8, 4) is 0 Å². The molecule has 1 unspecified atom stereocenters. The molecule has 0 spiro atoms. The molecule has 1 atom stereocenters. The Balaban J connectivity index is 2.28. The number of nitrogens with zero attached hydrogens (tertiary/aromatic N) is 2. The highest BCUT2D eigenvalue weighted by atomic mass is 19.4. The molecule has 2 rings (SSSR count). The number of hydrogen-bond acceptors (Lipinski definition) is 4. The summed E-state index contributed by atoms with van der Waals surface area (Å²) >= 11 is 0. The molecule has 1 heterocycles. The first-order chi connectivity index (χ1) is 11.7. The maximum absolute atomic E-state index is 13.0. The Labute approximate surface area is 143 Å². The predicted molar refractivity (Wildman–Crippen MR) is 89.5 cm³/mol. The highest BCUT2D eigenvalue weighted by molar-refractivity contribution is 6.03. The van der Waals surface area contributed by atoms with Crippen LogP contribution in [0.5, 0.6) is 0 Å². The number of carbonyl (C=O) groups is 1. The van der Waals surface area contributed by atoms with Gasteiger partial charge in [-0.2, -0.15) is 13.2 Å². The number of hydrogen-bond donors (Lipinski definition) is 2. The Bertz CT molecular complexity index is 762. The van der Waals surface area contributed by atoms with Crippen molar-refractivity contribution in [1.82, 2.24) is 9.97 Å². The number of halogens is 3. The first kappa shape index (κ1) is 18.7. The number of rotatable bonds is 5. The Morgan fingerprint density at radius 1 is 1.24 bits per heavy atom. The van der Waals surface area contributed by atoms with Crippen LogP contribution in [-0.2, 0) is 6.18 Å². The second-order valence-corrected chi connectivity index (χ2v) is 5.67. The van der Waals surface area contributed by atoms with Gasteiger partial charge >= 0.3 is 6.18 Å². The van der Waals surface area contributed by atoms with E-state index in [4.69, 9.17) is 0 Å². The molecule has 1 aromatic heterocycles. The van der Waals surface area contributed by atoms with Crippen molar-refractivity contribution in [2.24, 2.45) is 0 Å². The summed E-state index contributed by atoms with van der Waals surface area (Å²) < 4.78 is 39.1. The predicted octanol–water partition coefficient (Wildman–Crippen LogP) is 4.27. The largest absolute Gasteiger partial charge is 0.418 e. The lowest BCUT2D eigenvalue weighted by Gasteiger charge is -2.15. The van der Waals surface area contributed by atoms with Crippen LogP contribution in [0.15, 0.2) is 30.3 Å². The van der Waals surface area contributed by atoms with Crippen molar-refractivity contribution in [1.29, 1.82) is 0 Å². The molecule has 25 heavy (non-hydrogen) atoms. The maximum atomic E-state index is 13.0. The molecule has 8 heteroatoms. The highest BCUT2D eigenvalue weighted by Crippen LogP contribution is 2.34. The maximum Gasteiger partial charge on any atom is 0.418 e. The Morgan fingerprint density at radius 3 is 2.56 bits per heavy atom. The van der Waals surface area contributed by atoms with Crippen LogP contribution in [0.25, 0.3) is 0 Å². The van der Waals surface area contributed by atoms with E-state index in [0.29, 0.717) is 5.69 Å². The minimum atomic E-state index is -4.56. The fourth-order valence-electron chi connectivity index (χ4n) is 2.10. The van der Waals surface area contributed by atoms with Crippen molar-refractivity contribution in [3.05, 3.63) is 47.3 Å². The lowest BCUT2D eigenvalue weighted by Crippen LogP contribution is -2.21. The van der Waals surface area contributed by atoms with Gasteiger partial charge in [0, 0.05) is 11.7 Å². The smallest absolute Gasteiger partial charge is 0.352 e. The van der Waals surface area contributed by atoms with E-state index in [-0.39, 0.29) is 23.4 Å². The molecule has 2 aromatic rings. The zero-order valence-electron chi connectivity index (χ0n) is 14.1. The van der Waals surface area contributed by atoms with Crippen molar-refractivity contribution >= 4 is 17.5 Å². The third-order valence-electron chi connectivity index (χ3n) is 3.56. The summed E-state index contributed by atoms with van der Waals surface area (Å²) in [7, 11) is 0. The second kappa shape index (κ2) is 7.50. The van der Waals surface area contributed by atoms with Crippen LogP contribution in [0.4, 0.5) is 24.8 Å². The fraction of sp³-hybridized carbons (Fsp3) is 0.353. The zero-order valence-corrected chi connectivity index (χ0v) is 14.1. The molecular formula is C17H19F3N4O. The van der Waals surface area contributed by atoms with Gasteiger partial charge in [0.1, 0.15) is 5.69 Å². The van der Waals surface area contributed by atoms with Gasteiger partial charge in [0.05, 0.1) is 11.3 Å². The van der Waals surface area contributed by atoms with Crippen LogP contribution in [-0.4, -0.2) is 21.9 Å². The summed E-state index contributed by atoms with van der Waals surface area (Å²) in [6.45, 7) is 5.60. The van der Waals surface area contributed by atoms with Gasteiger partial charge in [0.25, 0.3) is 5.91 Å². The van der Waals surface area contributed by atoms with Gasteiger partial charge in [-0.15, -0.1) is 0 Å². The van der Waals surface area contributed by atoms with E-state index in [1.54, 1.807) is 6.92 Å². The minimum absolute atomic E-state index is 0.00437. The van der Waals surface area contributed by atoms with Gasteiger partial charge in [-0.3, -0.25) is 4.79 Å². The van der Waals surface area contributed by atoms with Crippen LogP contribution in [0.1, 0.15) is 42.0 Å². The van der Waals surface area contributed by atoms with Crippen molar-refractivity contribution in [3.63, 3.8) is 0 Å². The number of aryl methyl sites for hydroxylation is 1. The minimum Gasteiger partial charge on any atom is -0.352 e. The fourth-order valence-corrected chi connectivity index (χ4v) is 2.10. The quantitative estimate of drug-likeness (QED) is 0.843. The van der Waals surface area contributed by atoms with Gasteiger partial charge in [0.15, 0.2) is 0 Å². The average Bonchev–Trinajstić information content (AvgIpc) is 2.53. The Hall–Kier alpha value is -2.64. The van der Waals surface area contributed by atoms with Crippen LogP contribution >= 0.6 is 0 Å². The molecule has 0 aliphatic carbocycles. The summed E-state index contributed by atoms with van der Waals surface area (Å²) in [5, 5.41) is 5.32. The Kier molecular flexibility index (Phi) is 5.61. The number of nitrogens with one attached hydrogen (secondary N) is 2. The highest BCUT2D eigenvalue weighted by Gasteiger charge is 2.33. The summed E-state index contributed by atoms with van der Waals surface area (Å²) in [5.41, 5.74) is -0.690. The molecule has 0 bridgehead atoms. The van der Waals surface area contributed by atoms with Gasteiger partial charge < -0.3 is 10.6 Å². The third kappa shape index (κ3) is 4.91. The van der Waals surface area contributed by atoms with Gasteiger partial charge in [-0.1, -0.05) is 19.1 Å². The molecule has 0 aliphatic rings. The normalized spacial score (nSPS) is 12.6. The molecule has 0 fully saturated rings. The summed E-state index contributed by atoms with van der Waals surface area (Å²) in [6.07, 6.45) is -3.73. The monoisotopic (exact) mass is 352 g/mol. The lowest BCUT2D eigenvalue weighted by molar-refractivity contribution is -0.136. The molecular weight excluding hydrogens is 333 g/mol. The van der Waals surface area contributed by atoms with Crippen molar-refractivity contribution in [2.45, 2.75) is 39.4 Å². The Morgan fingerprint density at radius 2 is 1.92 bits per heavy atom. The molecule has 2 N–H and O–H groups in total. The number of carbonyl (C=O) groups excluding carboxylic acids is 1.